The molecule has 2 aromatic heterocycles. The molecule has 1 fully saturated rings. The Morgan fingerprint density at radius 3 is 2.88 bits per heavy atom. The van der Waals surface area contributed by atoms with Gasteiger partial charge in [-0.05, 0) is 51.4 Å². The molecule has 1 saturated heterocycles. The van der Waals surface area contributed by atoms with Crippen LogP contribution in [0.25, 0.3) is 0 Å². The van der Waals surface area contributed by atoms with Crippen molar-refractivity contribution in [1.82, 2.24) is 25.2 Å². The van der Waals surface area contributed by atoms with Crippen LogP contribution in [0.15, 0.2) is 36.9 Å². The maximum atomic E-state index is 13.1. The predicted molar refractivity (Wildman–Crippen MR) is 91.4 cm³/mol. The van der Waals surface area contributed by atoms with E-state index < -0.39 is 0 Å². The summed E-state index contributed by atoms with van der Waals surface area (Å²) < 4.78 is 0. The van der Waals surface area contributed by atoms with Crippen LogP contribution in [-0.4, -0.2) is 44.9 Å². The Labute approximate surface area is 142 Å². The molecular formula is C18H23N5O. The topological polar surface area (TPSA) is 71.0 Å². The Morgan fingerprint density at radius 1 is 1.25 bits per heavy atom. The average molecular weight is 325 g/mol. The van der Waals surface area contributed by atoms with E-state index in [-0.39, 0.29) is 11.9 Å². The number of nitrogens with one attached hydrogen (secondary N) is 1. The van der Waals surface area contributed by atoms with E-state index in [4.69, 9.17) is 0 Å². The first kappa shape index (κ1) is 16.5. The molecule has 0 saturated carbocycles. The first-order chi connectivity index (χ1) is 11.7. The highest BCUT2D eigenvalue weighted by Gasteiger charge is 2.26. The number of rotatable bonds is 4. The van der Waals surface area contributed by atoms with Gasteiger partial charge < -0.3 is 10.2 Å². The monoisotopic (exact) mass is 325 g/mol. The van der Waals surface area contributed by atoms with Crippen LogP contribution in [-0.2, 0) is 6.54 Å². The van der Waals surface area contributed by atoms with Crippen LogP contribution in [0.1, 0.15) is 41.0 Å². The van der Waals surface area contributed by atoms with Gasteiger partial charge in [0.25, 0.3) is 5.91 Å². The molecule has 2 aromatic rings. The number of carbonyl (C=O) groups excluding carboxylic acids is 1. The normalized spacial score (nSPS) is 18.0. The van der Waals surface area contributed by atoms with E-state index in [0.717, 1.165) is 43.6 Å². The van der Waals surface area contributed by atoms with Crippen LogP contribution in [0.3, 0.4) is 0 Å². The second kappa shape index (κ2) is 7.97. The first-order valence-electron chi connectivity index (χ1n) is 8.43. The van der Waals surface area contributed by atoms with Crippen LogP contribution in [0.2, 0.25) is 0 Å². The molecule has 0 aromatic carbocycles. The molecule has 0 spiro atoms. The molecule has 1 aliphatic heterocycles. The molecule has 3 heterocycles. The molecule has 0 radical (unpaired) electrons. The summed E-state index contributed by atoms with van der Waals surface area (Å²) in [4.78, 5) is 27.6. The fourth-order valence-corrected chi connectivity index (χ4v) is 3.10. The van der Waals surface area contributed by atoms with Crippen LogP contribution >= 0.6 is 0 Å². The highest BCUT2D eigenvalue weighted by Crippen LogP contribution is 2.19. The number of hydrogen-bond acceptors (Lipinski definition) is 5. The summed E-state index contributed by atoms with van der Waals surface area (Å²) in [6.45, 7) is 4.36. The minimum absolute atomic E-state index is 0.0190. The van der Waals surface area contributed by atoms with E-state index in [1.807, 2.05) is 24.0 Å². The van der Waals surface area contributed by atoms with Crippen molar-refractivity contribution in [3.63, 3.8) is 0 Å². The summed E-state index contributed by atoms with van der Waals surface area (Å²) >= 11 is 0. The van der Waals surface area contributed by atoms with Gasteiger partial charge >= 0.3 is 0 Å². The third-order valence-corrected chi connectivity index (χ3v) is 4.32. The third kappa shape index (κ3) is 4.14. The highest BCUT2D eigenvalue weighted by molar-refractivity contribution is 5.92. The quantitative estimate of drug-likeness (QED) is 0.930. The van der Waals surface area contributed by atoms with E-state index in [9.17, 15) is 4.79 Å². The lowest BCUT2D eigenvalue weighted by Gasteiger charge is -2.31. The fourth-order valence-electron chi connectivity index (χ4n) is 3.10. The van der Waals surface area contributed by atoms with Crippen molar-refractivity contribution in [2.24, 2.45) is 0 Å². The lowest BCUT2D eigenvalue weighted by molar-refractivity contribution is 0.0638. The van der Waals surface area contributed by atoms with Crippen LogP contribution in [0, 0.1) is 6.92 Å². The van der Waals surface area contributed by atoms with Gasteiger partial charge in [-0.3, -0.25) is 4.79 Å². The van der Waals surface area contributed by atoms with Crippen molar-refractivity contribution >= 4 is 5.91 Å². The Balaban J connectivity index is 1.86. The maximum absolute atomic E-state index is 13.1. The third-order valence-electron chi connectivity index (χ3n) is 4.32. The zero-order chi connectivity index (χ0) is 16.8. The number of pyridine rings is 1. The van der Waals surface area contributed by atoms with E-state index in [0.29, 0.717) is 12.2 Å². The maximum Gasteiger partial charge on any atom is 0.273 e. The predicted octanol–water partition coefficient (Wildman–Crippen LogP) is 1.96. The molecule has 0 aliphatic carbocycles. The van der Waals surface area contributed by atoms with Gasteiger partial charge in [0.2, 0.25) is 0 Å². The van der Waals surface area contributed by atoms with Crippen molar-refractivity contribution in [1.29, 1.82) is 0 Å². The summed E-state index contributed by atoms with van der Waals surface area (Å²) in [7, 11) is 0. The van der Waals surface area contributed by atoms with Crippen molar-refractivity contribution in [2.75, 3.05) is 13.1 Å². The summed E-state index contributed by atoms with van der Waals surface area (Å²) in [6.07, 6.45) is 8.07. The zero-order valence-corrected chi connectivity index (χ0v) is 14.0. The van der Waals surface area contributed by atoms with Crippen molar-refractivity contribution < 1.29 is 4.79 Å². The number of aromatic nitrogens is 3. The molecule has 1 atom stereocenters. The van der Waals surface area contributed by atoms with E-state index in [2.05, 4.69) is 20.3 Å². The molecule has 1 amide bonds. The SMILES string of the molecule is Cc1cccc(C(=O)N(Cc2cncnc2)[C@@H]2CCCNCC2)n1. The summed E-state index contributed by atoms with van der Waals surface area (Å²) in [6, 6.07) is 5.78. The highest BCUT2D eigenvalue weighted by atomic mass is 16.2. The van der Waals surface area contributed by atoms with Gasteiger partial charge in [-0.2, -0.15) is 0 Å². The van der Waals surface area contributed by atoms with E-state index >= 15 is 0 Å². The van der Waals surface area contributed by atoms with Gasteiger partial charge in [0, 0.05) is 36.2 Å². The Morgan fingerprint density at radius 2 is 2.08 bits per heavy atom. The van der Waals surface area contributed by atoms with Crippen LogP contribution < -0.4 is 5.32 Å². The van der Waals surface area contributed by atoms with Crippen molar-refractivity contribution in [3.05, 3.63) is 53.9 Å². The van der Waals surface area contributed by atoms with Crippen molar-refractivity contribution in [3.8, 4) is 0 Å². The van der Waals surface area contributed by atoms with Gasteiger partial charge in [0.05, 0.1) is 0 Å². The standard InChI is InChI=1S/C18H23N5O/c1-14-4-2-6-17(22-14)18(24)23(12-15-10-20-13-21-11-15)16-5-3-8-19-9-7-16/h2,4,6,10-11,13,16,19H,3,5,7-9,12H2,1H3/t16-/m1/s1. The molecule has 0 bridgehead atoms. The van der Waals surface area contributed by atoms with Crippen molar-refractivity contribution in [2.45, 2.75) is 38.8 Å². The lowest BCUT2D eigenvalue weighted by Crippen LogP contribution is -2.40. The van der Waals surface area contributed by atoms with Gasteiger partial charge in [-0.15, -0.1) is 0 Å². The Kier molecular flexibility index (Phi) is 5.48. The van der Waals surface area contributed by atoms with Gasteiger partial charge in [-0.1, -0.05) is 6.07 Å². The first-order valence-corrected chi connectivity index (χ1v) is 8.43. The summed E-state index contributed by atoms with van der Waals surface area (Å²) in [5.41, 5.74) is 2.30. The average Bonchev–Trinajstić information content (AvgIpc) is 2.89. The molecule has 0 unspecified atom stereocenters. The zero-order valence-electron chi connectivity index (χ0n) is 14.0. The summed E-state index contributed by atoms with van der Waals surface area (Å²) in [5.74, 6) is -0.0190. The minimum Gasteiger partial charge on any atom is -0.330 e. The largest absolute Gasteiger partial charge is 0.330 e. The number of hydrogen-bond donors (Lipinski definition) is 1. The Bertz CT molecular complexity index is 668. The Hall–Kier alpha value is -2.34. The molecule has 126 valence electrons. The molecule has 6 nitrogen and oxygen atoms in total. The minimum atomic E-state index is -0.0190. The molecule has 24 heavy (non-hydrogen) atoms. The van der Waals surface area contributed by atoms with Crippen LogP contribution in [0.4, 0.5) is 0 Å². The molecule has 1 aliphatic rings. The van der Waals surface area contributed by atoms with Gasteiger partial charge in [-0.25, -0.2) is 15.0 Å². The van der Waals surface area contributed by atoms with E-state index in [1.54, 1.807) is 18.5 Å². The molecule has 6 heteroatoms. The molecule has 1 N–H and O–H groups in total. The molecule has 3 rings (SSSR count). The fraction of sp³-hybridized carbons (Fsp3) is 0.444. The smallest absolute Gasteiger partial charge is 0.273 e. The number of aryl methyl sites for hydroxylation is 1. The second-order valence-electron chi connectivity index (χ2n) is 6.18. The summed E-state index contributed by atoms with van der Waals surface area (Å²) in [5, 5.41) is 3.41. The number of carbonyl (C=O) groups is 1. The number of amides is 1. The van der Waals surface area contributed by atoms with Gasteiger partial charge in [0.1, 0.15) is 12.0 Å². The molecular weight excluding hydrogens is 302 g/mol. The number of nitrogens with zero attached hydrogens (tertiary/aromatic N) is 4. The second-order valence-corrected chi connectivity index (χ2v) is 6.18. The van der Waals surface area contributed by atoms with E-state index in [1.165, 1.54) is 6.33 Å². The van der Waals surface area contributed by atoms with Crippen LogP contribution in [0.5, 0.6) is 0 Å². The lowest BCUT2D eigenvalue weighted by atomic mass is 10.1. The van der Waals surface area contributed by atoms with Gasteiger partial charge in [0.15, 0.2) is 0 Å².